The standard InChI is InChI=1S/C14H20ClNO2/c1-10(2)8-13(14(17)18-3)16-9-11-6-4-5-7-12(11)15/h4-7,10,13,16H,8-9H2,1-3H3. The minimum atomic E-state index is -0.286. The molecular weight excluding hydrogens is 250 g/mol. The lowest BCUT2D eigenvalue weighted by Gasteiger charge is -2.18. The number of carbonyl (C=O) groups excluding carboxylic acids is 1. The van der Waals surface area contributed by atoms with Crippen molar-refractivity contribution in [1.29, 1.82) is 0 Å². The minimum absolute atomic E-state index is 0.226. The molecule has 0 aliphatic carbocycles. The zero-order valence-electron chi connectivity index (χ0n) is 11.1. The van der Waals surface area contributed by atoms with E-state index in [1.165, 1.54) is 7.11 Å². The van der Waals surface area contributed by atoms with Gasteiger partial charge >= 0.3 is 5.97 Å². The van der Waals surface area contributed by atoms with Crippen molar-refractivity contribution in [1.82, 2.24) is 5.32 Å². The van der Waals surface area contributed by atoms with Crippen LogP contribution in [0, 0.1) is 5.92 Å². The van der Waals surface area contributed by atoms with Crippen LogP contribution in [0.4, 0.5) is 0 Å². The maximum Gasteiger partial charge on any atom is 0.322 e. The molecule has 18 heavy (non-hydrogen) atoms. The molecule has 1 rings (SSSR count). The molecule has 0 fully saturated rings. The van der Waals surface area contributed by atoms with E-state index >= 15 is 0 Å². The predicted molar refractivity (Wildman–Crippen MR) is 73.6 cm³/mol. The molecule has 3 nitrogen and oxygen atoms in total. The molecule has 1 aromatic rings. The Kier molecular flexibility index (Phi) is 6.16. The average molecular weight is 270 g/mol. The number of benzene rings is 1. The van der Waals surface area contributed by atoms with Crippen molar-refractivity contribution >= 4 is 17.6 Å². The van der Waals surface area contributed by atoms with Crippen LogP contribution in [-0.2, 0) is 16.1 Å². The van der Waals surface area contributed by atoms with E-state index in [1.807, 2.05) is 24.3 Å². The zero-order chi connectivity index (χ0) is 13.5. The molecule has 1 aromatic carbocycles. The number of methoxy groups -OCH3 is 1. The first-order valence-electron chi connectivity index (χ1n) is 6.09. The maximum atomic E-state index is 11.6. The van der Waals surface area contributed by atoms with Crippen molar-refractivity contribution in [3.63, 3.8) is 0 Å². The monoisotopic (exact) mass is 269 g/mol. The number of hydrogen-bond donors (Lipinski definition) is 1. The van der Waals surface area contributed by atoms with E-state index in [9.17, 15) is 4.79 Å². The molecule has 0 heterocycles. The predicted octanol–water partition coefficient (Wildman–Crippen LogP) is 3.02. The summed E-state index contributed by atoms with van der Waals surface area (Å²) in [6.07, 6.45) is 0.747. The highest BCUT2D eigenvalue weighted by molar-refractivity contribution is 6.31. The molecule has 0 aliphatic rings. The fourth-order valence-corrected chi connectivity index (χ4v) is 1.95. The Balaban J connectivity index is 2.62. The first kappa shape index (κ1) is 15.0. The first-order valence-corrected chi connectivity index (χ1v) is 6.47. The summed E-state index contributed by atoms with van der Waals surface area (Å²) >= 11 is 6.07. The van der Waals surface area contributed by atoms with Gasteiger partial charge in [0.15, 0.2) is 0 Å². The summed E-state index contributed by atoms with van der Waals surface area (Å²) in [5.74, 6) is 0.198. The van der Waals surface area contributed by atoms with E-state index in [0.29, 0.717) is 17.5 Å². The summed E-state index contributed by atoms with van der Waals surface area (Å²) < 4.78 is 4.80. The minimum Gasteiger partial charge on any atom is -0.468 e. The van der Waals surface area contributed by atoms with Gasteiger partial charge in [0.05, 0.1) is 7.11 Å². The molecular formula is C14H20ClNO2. The zero-order valence-corrected chi connectivity index (χ0v) is 11.8. The molecule has 0 saturated carbocycles. The van der Waals surface area contributed by atoms with E-state index in [-0.39, 0.29) is 12.0 Å². The van der Waals surface area contributed by atoms with Gasteiger partial charge in [-0.05, 0) is 24.0 Å². The lowest BCUT2D eigenvalue weighted by molar-refractivity contribution is -0.143. The van der Waals surface area contributed by atoms with E-state index < -0.39 is 0 Å². The number of carbonyl (C=O) groups is 1. The molecule has 0 amide bonds. The average Bonchev–Trinajstić information content (AvgIpc) is 2.34. The molecule has 1 unspecified atom stereocenters. The van der Waals surface area contributed by atoms with Gasteiger partial charge in [-0.25, -0.2) is 0 Å². The van der Waals surface area contributed by atoms with E-state index in [0.717, 1.165) is 12.0 Å². The van der Waals surface area contributed by atoms with Crippen molar-refractivity contribution in [3.8, 4) is 0 Å². The van der Waals surface area contributed by atoms with Crippen molar-refractivity contribution in [2.75, 3.05) is 7.11 Å². The second-order valence-corrected chi connectivity index (χ2v) is 5.08. The highest BCUT2D eigenvalue weighted by Gasteiger charge is 2.19. The second-order valence-electron chi connectivity index (χ2n) is 4.68. The number of rotatable bonds is 6. The molecule has 1 N–H and O–H groups in total. The summed E-state index contributed by atoms with van der Waals surface area (Å²) in [6, 6.07) is 7.31. The van der Waals surface area contributed by atoms with Crippen LogP contribution in [0.3, 0.4) is 0 Å². The largest absolute Gasteiger partial charge is 0.468 e. The van der Waals surface area contributed by atoms with Crippen LogP contribution in [-0.4, -0.2) is 19.1 Å². The second kappa shape index (κ2) is 7.39. The van der Waals surface area contributed by atoms with Crippen molar-refractivity contribution in [3.05, 3.63) is 34.9 Å². The summed E-state index contributed by atoms with van der Waals surface area (Å²) in [4.78, 5) is 11.6. The number of ether oxygens (including phenoxy) is 1. The van der Waals surface area contributed by atoms with Crippen LogP contribution < -0.4 is 5.32 Å². The third kappa shape index (κ3) is 4.67. The molecule has 0 aromatic heterocycles. The van der Waals surface area contributed by atoms with Gasteiger partial charge in [0, 0.05) is 11.6 Å². The molecule has 0 saturated heterocycles. The molecule has 0 bridgehead atoms. The normalized spacial score (nSPS) is 12.5. The van der Waals surface area contributed by atoms with Gasteiger partial charge < -0.3 is 10.1 Å². The summed E-state index contributed by atoms with van der Waals surface area (Å²) in [5.41, 5.74) is 0.983. The van der Waals surface area contributed by atoms with Crippen molar-refractivity contribution in [2.24, 2.45) is 5.92 Å². The van der Waals surface area contributed by atoms with Crippen LogP contribution in [0.2, 0.25) is 5.02 Å². The Morgan fingerprint density at radius 2 is 2.06 bits per heavy atom. The van der Waals surface area contributed by atoms with Gasteiger partial charge in [0.1, 0.15) is 6.04 Å². The fourth-order valence-electron chi connectivity index (χ4n) is 1.75. The maximum absolute atomic E-state index is 11.6. The third-order valence-corrected chi connectivity index (χ3v) is 3.06. The highest BCUT2D eigenvalue weighted by Crippen LogP contribution is 2.15. The van der Waals surface area contributed by atoms with Crippen LogP contribution >= 0.6 is 11.6 Å². The lowest BCUT2D eigenvalue weighted by Crippen LogP contribution is -2.38. The Morgan fingerprint density at radius 1 is 1.39 bits per heavy atom. The summed E-state index contributed by atoms with van der Waals surface area (Å²) in [5, 5.41) is 3.91. The number of halogens is 1. The quantitative estimate of drug-likeness (QED) is 0.807. The van der Waals surface area contributed by atoms with Gasteiger partial charge in [0.2, 0.25) is 0 Å². The summed E-state index contributed by atoms with van der Waals surface area (Å²) in [7, 11) is 1.41. The molecule has 0 radical (unpaired) electrons. The highest BCUT2D eigenvalue weighted by atomic mass is 35.5. The van der Waals surface area contributed by atoms with Gasteiger partial charge in [-0.1, -0.05) is 43.6 Å². The smallest absolute Gasteiger partial charge is 0.322 e. The Hall–Kier alpha value is -1.06. The van der Waals surface area contributed by atoms with E-state index in [1.54, 1.807) is 0 Å². The van der Waals surface area contributed by atoms with Gasteiger partial charge in [-0.3, -0.25) is 4.79 Å². The Bertz CT molecular complexity index is 393. The van der Waals surface area contributed by atoms with Crippen LogP contribution in [0.25, 0.3) is 0 Å². The van der Waals surface area contributed by atoms with Gasteiger partial charge in [-0.2, -0.15) is 0 Å². The number of hydrogen-bond acceptors (Lipinski definition) is 3. The van der Waals surface area contributed by atoms with Gasteiger partial charge in [0.25, 0.3) is 0 Å². The Labute approximate surface area is 113 Å². The van der Waals surface area contributed by atoms with Crippen molar-refractivity contribution in [2.45, 2.75) is 32.9 Å². The third-order valence-electron chi connectivity index (χ3n) is 2.69. The first-order chi connectivity index (χ1) is 8.54. The van der Waals surface area contributed by atoms with Crippen LogP contribution in [0.5, 0.6) is 0 Å². The molecule has 0 aliphatic heterocycles. The number of nitrogens with one attached hydrogen (secondary N) is 1. The van der Waals surface area contributed by atoms with Crippen LogP contribution in [0.15, 0.2) is 24.3 Å². The fraction of sp³-hybridized carbons (Fsp3) is 0.500. The molecule has 1 atom stereocenters. The summed E-state index contributed by atoms with van der Waals surface area (Å²) in [6.45, 7) is 4.71. The van der Waals surface area contributed by atoms with E-state index in [2.05, 4.69) is 19.2 Å². The van der Waals surface area contributed by atoms with Crippen LogP contribution in [0.1, 0.15) is 25.8 Å². The molecule has 4 heteroatoms. The molecule has 0 spiro atoms. The number of esters is 1. The Morgan fingerprint density at radius 3 is 2.61 bits per heavy atom. The van der Waals surface area contributed by atoms with E-state index in [4.69, 9.17) is 16.3 Å². The topological polar surface area (TPSA) is 38.3 Å². The molecule has 100 valence electrons. The van der Waals surface area contributed by atoms with Gasteiger partial charge in [-0.15, -0.1) is 0 Å². The SMILES string of the molecule is COC(=O)C(CC(C)C)NCc1ccccc1Cl. The van der Waals surface area contributed by atoms with Crippen molar-refractivity contribution < 1.29 is 9.53 Å². The lowest BCUT2D eigenvalue weighted by atomic mass is 10.0.